The zero-order valence-corrected chi connectivity index (χ0v) is 20.4. The second kappa shape index (κ2) is 9.00. The van der Waals surface area contributed by atoms with E-state index in [1.807, 2.05) is 55.5 Å². The van der Waals surface area contributed by atoms with E-state index < -0.39 is 11.9 Å². The molecule has 186 valence electrons. The van der Waals surface area contributed by atoms with Crippen molar-refractivity contribution in [2.45, 2.75) is 26.2 Å². The predicted molar refractivity (Wildman–Crippen MR) is 139 cm³/mol. The highest BCUT2D eigenvalue weighted by Crippen LogP contribution is 2.40. The molecule has 0 bridgehead atoms. The number of allylic oxidation sites excluding steroid dienone is 2. The zero-order valence-electron chi connectivity index (χ0n) is 20.4. The Kier molecular flexibility index (Phi) is 5.63. The van der Waals surface area contributed by atoms with Crippen LogP contribution in [0.3, 0.4) is 0 Å². The number of carbonyl (C=O) groups excluding carboxylic acids is 4. The van der Waals surface area contributed by atoms with Crippen molar-refractivity contribution in [3.63, 3.8) is 0 Å². The SMILES string of the molecule is CC1=CC[C@@H]2C(=O)N(c3cccc(OC(=O)[C@@H]4CC(=O)N(c5cccc6ccccc56)C4)c3)C(=O)[C@H]2C1. The van der Waals surface area contributed by atoms with Crippen molar-refractivity contribution < 1.29 is 23.9 Å². The van der Waals surface area contributed by atoms with Gasteiger partial charge in [-0.25, -0.2) is 4.90 Å². The number of rotatable bonds is 4. The summed E-state index contributed by atoms with van der Waals surface area (Å²) in [6, 6.07) is 20.1. The van der Waals surface area contributed by atoms with Gasteiger partial charge in [0.25, 0.3) is 0 Å². The number of ether oxygens (including phenoxy) is 1. The average molecular weight is 495 g/mol. The van der Waals surface area contributed by atoms with Gasteiger partial charge >= 0.3 is 5.97 Å². The number of hydrogen-bond donors (Lipinski definition) is 0. The number of imide groups is 1. The molecule has 7 nitrogen and oxygen atoms in total. The summed E-state index contributed by atoms with van der Waals surface area (Å²) in [5.41, 5.74) is 2.29. The second-order valence-electron chi connectivity index (χ2n) is 10.0. The van der Waals surface area contributed by atoms with Gasteiger partial charge in [-0.1, -0.05) is 54.1 Å². The maximum atomic E-state index is 13.1. The topological polar surface area (TPSA) is 84.0 Å². The first-order valence-corrected chi connectivity index (χ1v) is 12.5. The third-order valence-electron chi connectivity index (χ3n) is 7.63. The van der Waals surface area contributed by atoms with Gasteiger partial charge in [-0.15, -0.1) is 0 Å². The molecule has 0 N–H and O–H groups in total. The van der Waals surface area contributed by atoms with Crippen LogP contribution < -0.4 is 14.5 Å². The maximum absolute atomic E-state index is 13.1. The van der Waals surface area contributed by atoms with Crippen molar-refractivity contribution in [1.82, 2.24) is 0 Å². The van der Waals surface area contributed by atoms with Crippen LogP contribution in [0.4, 0.5) is 11.4 Å². The molecule has 0 saturated carbocycles. The van der Waals surface area contributed by atoms with Crippen LogP contribution in [0.5, 0.6) is 5.75 Å². The van der Waals surface area contributed by atoms with Gasteiger partial charge in [0, 0.05) is 24.4 Å². The molecule has 6 rings (SSSR count). The van der Waals surface area contributed by atoms with Gasteiger partial charge in [-0.3, -0.25) is 19.2 Å². The Hall–Kier alpha value is -4.26. The predicted octanol–water partition coefficient (Wildman–Crippen LogP) is 4.64. The third kappa shape index (κ3) is 4.00. The Bertz CT molecular complexity index is 1490. The Morgan fingerprint density at radius 1 is 0.892 bits per heavy atom. The van der Waals surface area contributed by atoms with Crippen LogP contribution in [-0.2, 0) is 19.2 Å². The van der Waals surface area contributed by atoms with E-state index in [1.54, 1.807) is 29.2 Å². The molecule has 2 saturated heterocycles. The first kappa shape index (κ1) is 23.2. The van der Waals surface area contributed by atoms with Crippen molar-refractivity contribution in [3.8, 4) is 5.75 Å². The first-order valence-electron chi connectivity index (χ1n) is 12.5. The number of nitrogens with zero attached hydrogens (tertiary/aromatic N) is 2. The van der Waals surface area contributed by atoms with Crippen LogP contribution in [-0.4, -0.2) is 30.2 Å². The van der Waals surface area contributed by atoms with E-state index in [-0.39, 0.29) is 48.3 Å². The lowest BCUT2D eigenvalue weighted by atomic mass is 9.82. The molecule has 0 radical (unpaired) electrons. The van der Waals surface area contributed by atoms with Crippen molar-refractivity contribution in [2.24, 2.45) is 17.8 Å². The second-order valence-corrected chi connectivity index (χ2v) is 10.0. The summed E-state index contributed by atoms with van der Waals surface area (Å²) >= 11 is 0. The molecule has 0 spiro atoms. The van der Waals surface area contributed by atoms with Gasteiger partial charge in [0.05, 0.1) is 29.1 Å². The van der Waals surface area contributed by atoms with Crippen LogP contribution in [0, 0.1) is 17.8 Å². The Morgan fingerprint density at radius 3 is 2.51 bits per heavy atom. The average Bonchev–Trinajstić information content (AvgIpc) is 3.40. The minimum atomic E-state index is -0.623. The summed E-state index contributed by atoms with van der Waals surface area (Å²) in [6.45, 7) is 2.20. The van der Waals surface area contributed by atoms with Gasteiger partial charge < -0.3 is 9.64 Å². The largest absolute Gasteiger partial charge is 0.426 e. The van der Waals surface area contributed by atoms with Gasteiger partial charge in [-0.05, 0) is 43.4 Å². The summed E-state index contributed by atoms with van der Waals surface area (Å²) < 4.78 is 5.65. The highest BCUT2D eigenvalue weighted by Gasteiger charge is 2.48. The van der Waals surface area contributed by atoms with E-state index >= 15 is 0 Å². The molecular weight excluding hydrogens is 468 g/mol. The molecule has 1 aliphatic carbocycles. The smallest absolute Gasteiger partial charge is 0.316 e. The van der Waals surface area contributed by atoms with Crippen molar-refractivity contribution in [3.05, 3.63) is 78.4 Å². The van der Waals surface area contributed by atoms with E-state index in [9.17, 15) is 19.2 Å². The lowest BCUT2D eigenvalue weighted by Gasteiger charge is -2.19. The van der Waals surface area contributed by atoms with E-state index in [1.165, 1.54) is 4.90 Å². The van der Waals surface area contributed by atoms with E-state index in [0.29, 0.717) is 18.5 Å². The number of carbonyl (C=O) groups is 4. The summed E-state index contributed by atoms with van der Waals surface area (Å²) in [4.78, 5) is 54.9. The molecule has 3 amide bonds. The fraction of sp³-hybridized carbons (Fsp3) is 0.267. The molecular formula is C30H26N2O5. The highest BCUT2D eigenvalue weighted by molar-refractivity contribution is 6.22. The number of amides is 3. The van der Waals surface area contributed by atoms with Crippen molar-refractivity contribution >= 4 is 45.8 Å². The van der Waals surface area contributed by atoms with Gasteiger partial charge in [0.1, 0.15) is 5.75 Å². The monoisotopic (exact) mass is 494 g/mol. The van der Waals surface area contributed by atoms with Gasteiger partial charge in [0.2, 0.25) is 17.7 Å². The van der Waals surface area contributed by atoms with E-state index in [4.69, 9.17) is 4.74 Å². The molecule has 3 aromatic carbocycles. The minimum Gasteiger partial charge on any atom is -0.426 e. The summed E-state index contributed by atoms with van der Waals surface area (Å²) in [5, 5.41) is 1.97. The third-order valence-corrected chi connectivity index (χ3v) is 7.63. The van der Waals surface area contributed by atoms with Gasteiger partial charge in [0.15, 0.2) is 0 Å². The number of fused-ring (bicyclic) bond motifs is 2. The van der Waals surface area contributed by atoms with E-state index in [2.05, 4.69) is 0 Å². The number of anilines is 2. The molecule has 3 atom stereocenters. The molecule has 3 aliphatic rings. The lowest BCUT2D eigenvalue weighted by Crippen LogP contribution is -2.31. The molecule has 3 aromatic rings. The Morgan fingerprint density at radius 2 is 1.65 bits per heavy atom. The highest BCUT2D eigenvalue weighted by atomic mass is 16.5. The molecule has 0 unspecified atom stereocenters. The maximum Gasteiger partial charge on any atom is 0.316 e. The van der Waals surface area contributed by atoms with Crippen LogP contribution in [0.1, 0.15) is 26.2 Å². The van der Waals surface area contributed by atoms with Crippen LogP contribution >= 0.6 is 0 Å². The molecule has 2 aliphatic heterocycles. The summed E-state index contributed by atoms with van der Waals surface area (Å²) in [5.74, 6) is -2.13. The van der Waals surface area contributed by atoms with Crippen molar-refractivity contribution in [1.29, 1.82) is 0 Å². The van der Waals surface area contributed by atoms with Crippen LogP contribution in [0.25, 0.3) is 10.8 Å². The summed E-state index contributed by atoms with van der Waals surface area (Å²) in [7, 11) is 0. The van der Waals surface area contributed by atoms with E-state index in [0.717, 1.165) is 22.0 Å². The number of esters is 1. The quantitative estimate of drug-likeness (QED) is 0.228. The fourth-order valence-corrected chi connectivity index (χ4v) is 5.72. The zero-order chi connectivity index (χ0) is 25.7. The lowest BCUT2D eigenvalue weighted by molar-refractivity contribution is -0.139. The van der Waals surface area contributed by atoms with Gasteiger partial charge in [-0.2, -0.15) is 0 Å². The molecule has 2 heterocycles. The molecule has 7 heteroatoms. The molecule has 0 aromatic heterocycles. The summed E-state index contributed by atoms with van der Waals surface area (Å²) in [6.07, 6.45) is 3.23. The Labute approximate surface area is 214 Å². The normalized spacial score (nSPS) is 23.4. The van der Waals surface area contributed by atoms with Crippen molar-refractivity contribution in [2.75, 3.05) is 16.3 Å². The minimum absolute atomic E-state index is 0.0561. The van der Waals surface area contributed by atoms with Crippen LogP contribution in [0.15, 0.2) is 78.4 Å². The Balaban J connectivity index is 1.18. The van der Waals surface area contributed by atoms with Crippen LogP contribution in [0.2, 0.25) is 0 Å². The molecule has 2 fully saturated rings. The fourth-order valence-electron chi connectivity index (χ4n) is 5.72. The number of hydrogen-bond acceptors (Lipinski definition) is 5. The number of benzene rings is 3. The standard InChI is InChI=1S/C30H26N2O5/c1-18-12-13-24-25(14-18)29(35)32(28(24)34)21-8-5-9-22(16-21)37-30(36)20-15-27(33)31(17-20)26-11-4-7-19-6-2-3-10-23(19)26/h2-12,16,20,24-25H,13-15,17H2,1H3/t20-,24+,25+/m1/s1. The molecule has 37 heavy (non-hydrogen) atoms. The first-order chi connectivity index (χ1) is 17.9.